The molecule has 0 aromatic carbocycles. The van der Waals surface area contributed by atoms with E-state index in [0.717, 1.165) is 26.1 Å². The number of likely N-dealkylation sites (tertiary alicyclic amines) is 1. The minimum atomic E-state index is 0.336. The highest BCUT2D eigenvalue weighted by Crippen LogP contribution is 2.26. The van der Waals surface area contributed by atoms with Gasteiger partial charge in [-0.1, -0.05) is 13.8 Å². The molecule has 2 aliphatic rings. The van der Waals surface area contributed by atoms with Crippen molar-refractivity contribution < 1.29 is 4.74 Å². The predicted molar refractivity (Wildman–Crippen MR) is 61.8 cm³/mol. The van der Waals surface area contributed by atoms with Gasteiger partial charge in [-0.3, -0.25) is 4.90 Å². The van der Waals surface area contributed by atoms with Gasteiger partial charge in [-0.2, -0.15) is 0 Å². The molecule has 2 N–H and O–H groups in total. The molecule has 2 fully saturated rings. The van der Waals surface area contributed by atoms with E-state index in [2.05, 4.69) is 18.7 Å². The summed E-state index contributed by atoms with van der Waals surface area (Å²) in [7, 11) is 0. The van der Waals surface area contributed by atoms with Gasteiger partial charge < -0.3 is 10.5 Å². The third kappa shape index (κ3) is 3.16. The number of ether oxygens (including phenoxy) is 1. The standard InChI is InChI=1S/C12H24N2O/c1-9(2)5-10(13)6-14-7-11-3-4-12(8-14)15-11/h9-12H,3-8,13H2,1-2H3. The van der Waals surface area contributed by atoms with Gasteiger partial charge in [0.05, 0.1) is 12.2 Å². The van der Waals surface area contributed by atoms with E-state index >= 15 is 0 Å². The van der Waals surface area contributed by atoms with Gasteiger partial charge in [0, 0.05) is 25.7 Å². The third-order valence-corrected chi connectivity index (χ3v) is 3.39. The molecule has 2 heterocycles. The fraction of sp³-hybridized carbons (Fsp3) is 1.00. The molecule has 15 heavy (non-hydrogen) atoms. The van der Waals surface area contributed by atoms with Crippen molar-refractivity contribution in [2.24, 2.45) is 11.7 Å². The molecule has 3 unspecified atom stereocenters. The molecule has 0 aliphatic carbocycles. The van der Waals surface area contributed by atoms with Crippen LogP contribution in [0.15, 0.2) is 0 Å². The Balaban J connectivity index is 1.75. The first-order valence-corrected chi connectivity index (χ1v) is 6.27. The highest BCUT2D eigenvalue weighted by molar-refractivity contribution is 4.86. The Morgan fingerprint density at radius 2 is 1.87 bits per heavy atom. The van der Waals surface area contributed by atoms with Gasteiger partial charge in [-0.25, -0.2) is 0 Å². The molecule has 3 heteroatoms. The van der Waals surface area contributed by atoms with Crippen molar-refractivity contribution in [3.8, 4) is 0 Å². The van der Waals surface area contributed by atoms with Crippen molar-refractivity contribution in [1.29, 1.82) is 0 Å². The minimum absolute atomic E-state index is 0.336. The maximum Gasteiger partial charge on any atom is 0.0707 e. The number of morpholine rings is 1. The summed E-state index contributed by atoms with van der Waals surface area (Å²) >= 11 is 0. The number of hydrogen-bond donors (Lipinski definition) is 1. The maximum absolute atomic E-state index is 6.13. The van der Waals surface area contributed by atoms with Crippen LogP contribution >= 0.6 is 0 Å². The molecule has 0 aromatic heterocycles. The van der Waals surface area contributed by atoms with Crippen molar-refractivity contribution in [3.05, 3.63) is 0 Å². The van der Waals surface area contributed by atoms with Crippen molar-refractivity contribution in [1.82, 2.24) is 4.90 Å². The lowest BCUT2D eigenvalue weighted by Crippen LogP contribution is -2.47. The summed E-state index contributed by atoms with van der Waals surface area (Å²) < 4.78 is 5.81. The van der Waals surface area contributed by atoms with Crippen molar-refractivity contribution in [3.63, 3.8) is 0 Å². The number of hydrogen-bond acceptors (Lipinski definition) is 3. The predicted octanol–water partition coefficient (Wildman–Crippen LogP) is 1.22. The topological polar surface area (TPSA) is 38.5 Å². The van der Waals surface area contributed by atoms with Crippen molar-refractivity contribution in [2.75, 3.05) is 19.6 Å². The monoisotopic (exact) mass is 212 g/mol. The summed E-state index contributed by atoms with van der Waals surface area (Å²) in [6.45, 7) is 7.73. The normalized spacial score (nSPS) is 33.6. The van der Waals surface area contributed by atoms with Crippen LogP contribution in [0.1, 0.15) is 33.1 Å². The second-order valence-electron chi connectivity index (χ2n) is 5.57. The fourth-order valence-electron chi connectivity index (χ4n) is 2.86. The first-order chi connectivity index (χ1) is 7.13. The number of nitrogens with zero attached hydrogens (tertiary/aromatic N) is 1. The van der Waals surface area contributed by atoms with E-state index in [9.17, 15) is 0 Å². The summed E-state index contributed by atoms with van der Waals surface area (Å²) in [6, 6.07) is 0.336. The fourth-order valence-corrected chi connectivity index (χ4v) is 2.86. The summed E-state index contributed by atoms with van der Waals surface area (Å²) in [5.41, 5.74) is 6.13. The number of nitrogens with two attached hydrogens (primary N) is 1. The molecule has 2 aliphatic heterocycles. The Morgan fingerprint density at radius 1 is 1.27 bits per heavy atom. The summed E-state index contributed by atoms with van der Waals surface area (Å²) in [4.78, 5) is 2.50. The van der Waals surface area contributed by atoms with E-state index in [-0.39, 0.29) is 0 Å². The van der Waals surface area contributed by atoms with Crippen LogP contribution in [0.5, 0.6) is 0 Å². The first kappa shape index (κ1) is 11.4. The van der Waals surface area contributed by atoms with E-state index in [1.54, 1.807) is 0 Å². The molecule has 2 bridgehead atoms. The van der Waals surface area contributed by atoms with E-state index in [0.29, 0.717) is 24.2 Å². The molecule has 0 radical (unpaired) electrons. The second-order valence-corrected chi connectivity index (χ2v) is 5.57. The lowest BCUT2D eigenvalue weighted by atomic mass is 10.0. The Morgan fingerprint density at radius 3 is 2.40 bits per heavy atom. The molecular formula is C12H24N2O. The van der Waals surface area contributed by atoms with E-state index in [4.69, 9.17) is 10.5 Å². The molecule has 2 saturated heterocycles. The Hall–Kier alpha value is -0.120. The molecule has 3 nitrogen and oxygen atoms in total. The quantitative estimate of drug-likeness (QED) is 0.761. The second kappa shape index (κ2) is 4.81. The zero-order chi connectivity index (χ0) is 10.8. The van der Waals surface area contributed by atoms with Crippen LogP contribution in [0.2, 0.25) is 0 Å². The molecule has 0 aromatic rings. The van der Waals surface area contributed by atoms with Gasteiger partial charge in [0.2, 0.25) is 0 Å². The largest absolute Gasteiger partial charge is 0.372 e. The Labute approximate surface area is 93.0 Å². The minimum Gasteiger partial charge on any atom is -0.372 e. The highest BCUT2D eigenvalue weighted by atomic mass is 16.5. The molecular weight excluding hydrogens is 188 g/mol. The molecule has 0 amide bonds. The van der Waals surface area contributed by atoms with E-state index < -0.39 is 0 Å². The maximum atomic E-state index is 6.13. The lowest BCUT2D eigenvalue weighted by Gasteiger charge is -2.33. The van der Waals surface area contributed by atoms with Crippen LogP contribution in [-0.4, -0.2) is 42.8 Å². The van der Waals surface area contributed by atoms with Crippen LogP contribution in [-0.2, 0) is 4.74 Å². The zero-order valence-electron chi connectivity index (χ0n) is 9.98. The van der Waals surface area contributed by atoms with Crippen molar-refractivity contribution in [2.45, 2.75) is 51.4 Å². The van der Waals surface area contributed by atoms with Gasteiger partial charge in [0.1, 0.15) is 0 Å². The Kier molecular flexibility index (Phi) is 3.65. The molecule has 2 rings (SSSR count). The van der Waals surface area contributed by atoms with Gasteiger partial charge in [0.15, 0.2) is 0 Å². The zero-order valence-corrected chi connectivity index (χ0v) is 9.98. The summed E-state index contributed by atoms with van der Waals surface area (Å²) in [5.74, 6) is 0.706. The van der Waals surface area contributed by atoms with Crippen LogP contribution in [0.4, 0.5) is 0 Å². The summed E-state index contributed by atoms with van der Waals surface area (Å²) in [6.07, 6.45) is 4.62. The molecule has 0 saturated carbocycles. The van der Waals surface area contributed by atoms with Crippen LogP contribution in [0.25, 0.3) is 0 Å². The van der Waals surface area contributed by atoms with Crippen molar-refractivity contribution >= 4 is 0 Å². The lowest BCUT2D eigenvalue weighted by molar-refractivity contribution is -0.0400. The third-order valence-electron chi connectivity index (χ3n) is 3.39. The average Bonchev–Trinajstić information content (AvgIpc) is 2.44. The van der Waals surface area contributed by atoms with Crippen LogP contribution in [0, 0.1) is 5.92 Å². The average molecular weight is 212 g/mol. The highest BCUT2D eigenvalue weighted by Gasteiger charge is 2.33. The molecule has 0 spiro atoms. The number of fused-ring (bicyclic) bond motifs is 2. The smallest absolute Gasteiger partial charge is 0.0707 e. The number of rotatable bonds is 4. The van der Waals surface area contributed by atoms with E-state index in [1.807, 2.05) is 0 Å². The first-order valence-electron chi connectivity index (χ1n) is 6.27. The SMILES string of the molecule is CC(C)CC(N)CN1CC2CCC(C1)O2. The molecule has 3 atom stereocenters. The molecule has 88 valence electrons. The van der Waals surface area contributed by atoms with E-state index in [1.165, 1.54) is 12.8 Å². The summed E-state index contributed by atoms with van der Waals surface area (Å²) in [5, 5.41) is 0. The van der Waals surface area contributed by atoms with Crippen LogP contribution < -0.4 is 5.73 Å². The van der Waals surface area contributed by atoms with Gasteiger partial charge in [0.25, 0.3) is 0 Å². The van der Waals surface area contributed by atoms with Crippen LogP contribution in [0.3, 0.4) is 0 Å². The van der Waals surface area contributed by atoms with Gasteiger partial charge >= 0.3 is 0 Å². The van der Waals surface area contributed by atoms with Gasteiger partial charge in [-0.15, -0.1) is 0 Å². The Bertz CT molecular complexity index is 196. The van der Waals surface area contributed by atoms with Gasteiger partial charge in [-0.05, 0) is 25.2 Å².